The van der Waals surface area contributed by atoms with Crippen LogP contribution in [0.15, 0.2) is 18.5 Å². The van der Waals surface area contributed by atoms with E-state index < -0.39 is 0 Å². The van der Waals surface area contributed by atoms with Gasteiger partial charge in [-0.3, -0.25) is 9.48 Å². The van der Waals surface area contributed by atoms with Gasteiger partial charge in [-0.1, -0.05) is 0 Å². The number of nitrogens with one attached hydrogen (secondary N) is 1. The molecule has 5 nitrogen and oxygen atoms in total. The van der Waals surface area contributed by atoms with Crippen molar-refractivity contribution in [3.63, 3.8) is 0 Å². The highest BCUT2D eigenvalue weighted by molar-refractivity contribution is 5.79. The van der Waals surface area contributed by atoms with E-state index in [1.54, 1.807) is 0 Å². The summed E-state index contributed by atoms with van der Waals surface area (Å²) in [5.74, 6) is 1.24. The molecule has 0 spiro atoms. The van der Waals surface area contributed by atoms with Crippen molar-refractivity contribution in [3.05, 3.63) is 18.5 Å². The molecule has 2 saturated heterocycles. The number of hydrogen-bond donors (Lipinski definition) is 1. The molecule has 5 heteroatoms. The Morgan fingerprint density at radius 1 is 1.30 bits per heavy atom. The topological polar surface area (TPSA) is 50.2 Å². The summed E-state index contributed by atoms with van der Waals surface area (Å²) in [5, 5.41) is 7.60. The highest BCUT2D eigenvalue weighted by Gasteiger charge is 2.29. The molecule has 1 aromatic heterocycles. The van der Waals surface area contributed by atoms with E-state index in [-0.39, 0.29) is 5.92 Å². The Morgan fingerprint density at radius 3 is 2.80 bits per heavy atom. The first-order chi connectivity index (χ1) is 9.83. The molecule has 1 N–H and O–H groups in total. The van der Waals surface area contributed by atoms with Crippen LogP contribution in [0.25, 0.3) is 0 Å². The second-order valence-corrected chi connectivity index (χ2v) is 6.04. The first kappa shape index (κ1) is 13.6. The van der Waals surface area contributed by atoms with Gasteiger partial charge in [-0.15, -0.1) is 0 Å². The minimum Gasteiger partial charge on any atom is -0.342 e. The Balaban J connectivity index is 1.46. The number of carbonyl (C=O) groups is 1. The van der Waals surface area contributed by atoms with Crippen LogP contribution in [0.1, 0.15) is 25.7 Å². The zero-order chi connectivity index (χ0) is 13.8. The number of likely N-dealkylation sites (tertiary alicyclic amines) is 1. The highest BCUT2D eigenvalue weighted by Crippen LogP contribution is 2.22. The summed E-state index contributed by atoms with van der Waals surface area (Å²) in [5.41, 5.74) is 0. The maximum atomic E-state index is 12.4. The molecule has 1 aromatic rings. The molecular weight excluding hydrogens is 252 g/mol. The quantitative estimate of drug-likeness (QED) is 0.900. The first-order valence-electron chi connectivity index (χ1n) is 7.80. The van der Waals surface area contributed by atoms with Crippen molar-refractivity contribution in [2.75, 3.05) is 26.2 Å². The van der Waals surface area contributed by atoms with Gasteiger partial charge in [0.1, 0.15) is 0 Å². The van der Waals surface area contributed by atoms with Crippen LogP contribution < -0.4 is 5.32 Å². The lowest BCUT2D eigenvalue weighted by Crippen LogP contribution is -2.46. The molecule has 0 bridgehead atoms. The Bertz CT molecular complexity index is 417. The second kappa shape index (κ2) is 6.39. The van der Waals surface area contributed by atoms with Gasteiger partial charge in [0.2, 0.25) is 5.91 Å². The molecular formula is C15H24N4O. The molecule has 0 aromatic carbocycles. The zero-order valence-corrected chi connectivity index (χ0v) is 12.0. The molecule has 1 atom stereocenters. The Hall–Kier alpha value is -1.36. The Labute approximate surface area is 120 Å². The van der Waals surface area contributed by atoms with Gasteiger partial charge in [0, 0.05) is 38.6 Å². The van der Waals surface area contributed by atoms with E-state index in [1.807, 2.05) is 23.1 Å². The molecule has 0 radical (unpaired) electrons. The number of piperidine rings is 2. The summed E-state index contributed by atoms with van der Waals surface area (Å²) in [6.45, 7) is 4.75. The van der Waals surface area contributed by atoms with Crippen molar-refractivity contribution < 1.29 is 4.79 Å². The number of hydrogen-bond acceptors (Lipinski definition) is 3. The maximum Gasteiger partial charge on any atom is 0.226 e. The Kier molecular flexibility index (Phi) is 4.35. The monoisotopic (exact) mass is 276 g/mol. The van der Waals surface area contributed by atoms with Crippen LogP contribution in [0.4, 0.5) is 0 Å². The average molecular weight is 276 g/mol. The first-order valence-corrected chi connectivity index (χ1v) is 7.80. The van der Waals surface area contributed by atoms with Gasteiger partial charge in [-0.25, -0.2) is 0 Å². The van der Waals surface area contributed by atoms with E-state index in [9.17, 15) is 4.79 Å². The van der Waals surface area contributed by atoms with Crippen molar-refractivity contribution in [2.45, 2.75) is 32.2 Å². The summed E-state index contributed by atoms with van der Waals surface area (Å²) in [4.78, 5) is 14.5. The van der Waals surface area contributed by atoms with Gasteiger partial charge in [-0.2, -0.15) is 5.10 Å². The molecule has 0 saturated carbocycles. The smallest absolute Gasteiger partial charge is 0.226 e. The normalized spacial score (nSPS) is 24.8. The SMILES string of the molecule is O=C(C1CCCNC1)N1CCC(Cn2cccn2)CC1. The summed E-state index contributed by atoms with van der Waals surface area (Å²) in [6, 6.07) is 1.97. The molecule has 3 rings (SSSR count). The van der Waals surface area contributed by atoms with E-state index in [4.69, 9.17) is 0 Å². The molecule has 1 unspecified atom stereocenters. The van der Waals surface area contributed by atoms with Gasteiger partial charge < -0.3 is 10.2 Å². The van der Waals surface area contributed by atoms with Crippen LogP contribution in [0.2, 0.25) is 0 Å². The predicted molar refractivity (Wildman–Crippen MR) is 77.1 cm³/mol. The van der Waals surface area contributed by atoms with Crippen LogP contribution in [0.5, 0.6) is 0 Å². The van der Waals surface area contributed by atoms with E-state index in [1.165, 1.54) is 0 Å². The Morgan fingerprint density at radius 2 is 2.15 bits per heavy atom. The lowest BCUT2D eigenvalue weighted by Gasteiger charge is -2.35. The number of rotatable bonds is 3. The summed E-state index contributed by atoms with van der Waals surface area (Å²) in [6.07, 6.45) is 8.24. The summed E-state index contributed by atoms with van der Waals surface area (Å²) < 4.78 is 2.01. The second-order valence-electron chi connectivity index (χ2n) is 6.04. The van der Waals surface area contributed by atoms with E-state index in [0.29, 0.717) is 11.8 Å². The molecule has 2 fully saturated rings. The lowest BCUT2D eigenvalue weighted by molar-refractivity contribution is -0.137. The average Bonchev–Trinajstić information content (AvgIpc) is 3.01. The number of amides is 1. The third-order valence-corrected chi connectivity index (χ3v) is 4.58. The third-order valence-electron chi connectivity index (χ3n) is 4.58. The van der Waals surface area contributed by atoms with Crippen molar-refractivity contribution in [3.8, 4) is 0 Å². The third kappa shape index (κ3) is 3.20. The molecule has 20 heavy (non-hydrogen) atoms. The van der Waals surface area contributed by atoms with E-state index >= 15 is 0 Å². The molecule has 2 aliphatic heterocycles. The van der Waals surface area contributed by atoms with Gasteiger partial charge in [0.15, 0.2) is 0 Å². The largest absolute Gasteiger partial charge is 0.342 e. The minimum absolute atomic E-state index is 0.214. The van der Waals surface area contributed by atoms with Gasteiger partial charge in [0.25, 0.3) is 0 Å². The number of aromatic nitrogens is 2. The van der Waals surface area contributed by atoms with E-state index in [0.717, 1.165) is 58.4 Å². The fourth-order valence-electron chi connectivity index (χ4n) is 3.33. The van der Waals surface area contributed by atoms with Crippen LogP contribution in [0.3, 0.4) is 0 Å². The van der Waals surface area contributed by atoms with Crippen LogP contribution in [0, 0.1) is 11.8 Å². The van der Waals surface area contributed by atoms with Gasteiger partial charge in [0.05, 0.1) is 5.92 Å². The molecule has 3 heterocycles. The number of nitrogens with zero attached hydrogens (tertiary/aromatic N) is 3. The standard InChI is InChI=1S/C15H24N4O/c20-15(14-3-1-6-16-11-14)18-9-4-13(5-10-18)12-19-8-2-7-17-19/h2,7-8,13-14,16H,1,3-6,9-12H2. The van der Waals surface area contributed by atoms with Gasteiger partial charge >= 0.3 is 0 Å². The van der Waals surface area contributed by atoms with Crippen molar-refractivity contribution in [2.24, 2.45) is 11.8 Å². The van der Waals surface area contributed by atoms with Crippen LogP contribution in [-0.2, 0) is 11.3 Å². The van der Waals surface area contributed by atoms with Crippen molar-refractivity contribution in [1.29, 1.82) is 0 Å². The minimum atomic E-state index is 0.214. The zero-order valence-electron chi connectivity index (χ0n) is 12.0. The lowest BCUT2D eigenvalue weighted by atomic mass is 9.93. The molecule has 1 amide bonds. The van der Waals surface area contributed by atoms with Crippen LogP contribution >= 0.6 is 0 Å². The molecule has 110 valence electrons. The predicted octanol–water partition coefficient (Wildman–Crippen LogP) is 1.12. The van der Waals surface area contributed by atoms with Crippen molar-refractivity contribution in [1.82, 2.24) is 20.0 Å². The highest BCUT2D eigenvalue weighted by atomic mass is 16.2. The molecule has 2 aliphatic rings. The van der Waals surface area contributed by atoms with Crippen molar-refractivity contribution >= 4 is 5.91 Å². The van der Waals surface area contributed by atoms with Gasteiger partial charge in [-0.05, 0) is 44.2 Å². The fraction of sp³-hybridized carbons (Fsp3) is 0.733. The number of carbonyl (C=O) groups excluding carboxylic acids is 1. The fourth-order valence-corrected chi connectivity index (χ4v) is 3.33. The maximum absolute atomic E-state index is 12.4. The molecule has 0 aliphatic carbocycles. The van der Waals surface area contributed by atoms with Crippen LogP contribution in [-0.4, -0.2) is 46.8 Å². The summed E-state index contributed by atoms with van der Waals surface area (Å²) >= 11 is 0. The van der Waals surface area contributed by atoms with E-state index in [2.05, 4.69) is 15.3 Å². The summed E-state index contributed by atoms with van der Waals surface area (Å²) in [7, 11) is 0.